The summed E-state index contributed by atoms with van der Waals surface area (Å²) in [6.45, 7) is 0. The van der Waals surface area contributed by atoms with Crippen LogP contribution in [0.5, 0.6) is 0 Å². The highest BCUT2D eigenvalue weighted by molar-refractivity contribution is 7.90. The van der Waals surface area contributed by atoms with Crippen molar-refractivity contribution in [1.29, 1.82) is 0 Å². The van der Waals surface area contributed by atoms with Gasteiger partial charge in [-0.3, -0.25) is 4.79 Å². The lowest BCUT2D eigenvalue weighted by molar-refractivity contribution is -0.154. The van der Waals surface area contributed by atoms with Gasteiger partial charge in [0.1, 0.15) is 12.0 Å². The number of rotatable bonds is 4. The second-order valence-electron chi connectivity index (χ2n) is 6.67. The van der Waals surface area contributed by atoms with Crippen LogP contribution in [0.2, 0.25) is 0 Å². The molecule has 7 nitrogen and oxygen atoms in total. The maximum atomic E-state index is 13.1. The van der Waals surface area contributed by atoms with Crippen LogP contribution < -0.4 is 0 Å². The van der Waals surface area contributed by atoms with Gasteiger partial charge in [-0.1, -0.05) is 18.2 Å². The molecule has 28 heavy (non-hydrogen) atoms. The molecule has 2 heterocycles. The van der Waals surface area contributed by atoms with Gasteiger partial charge in [-0.25, -0.2) is 13.2 Å². The van der Waals surface area contributed by atoms with Crippen LogP contribution in [0.25, 0.3) is 0 Å². The highest BCUT2D eigenvalue weighted by atomic mass is 32.2. The molecule has 0 aliphatic carbocycles. The fourth-order valence-electron chi connectivity index (χ4n) is 3.95. The maximum absolute atomic E-state index is 13.1. The van der Waals surface area contributed by atoms with E-state index >= 15 is 0 Å². The fraction of sp³-hybridized carbons (Fsp3) is 0.529. The molecule has 3 rings (SSSR count). The predicted octanol–water partition coefficient (Wildman–Crippen LogP) is 2.09. The summed E-state index contributed by atoms with van der Waals surface area (Å²) in [6, 6.07) is 5.60. The molecule has 2 fully saturated rings. The average Bonchev–Trinajstić information content (AvgIpc) is 2.96. The van der Waals surface area contributed by atoms with Crippen molar-refractivity contribution < 1.29 is 40.7 Å². The van der Waals surface area contributed by atoms with Crippen molar-refractivity contribution in [3.05, 3.63) is 35.9 Å². The van der Waals surface area contributed by atoms with Crippen molar-refractivity contribution in [2.75, 3.05) is 7.11 Å². The largest absolute Gasteiger partial charge is 0.511 e. The lowest BCUT2D eigenvalue weighted by Gasteiger charge is -2.41. The number of hydrogen-bond donors (Lipinski definition) is 0. The minimum Gasteiger partial charge on any atom is -0.469 e. The molecule has 0 aromatic heterocycles. The van der Waals surface area contributed by atoms with Gasteiger partial charge in [-0.2, -0.15) is 17.5 Å². The minimum atomic E-state index is -5.63. The zero-order chi connectivity index (χ0) is 20.7. The van der Waals surface area contributed by atoms with E-state index in [0.717, 1.165) is 7.11 Å². The number of hydrogen-bond acceptors (Lipinski definition) is 6. The Kier molecular flexibility index (Phi) is 5.41. The molecule has 154 valence electrons. The first-order valence-corrected chi connectivity index (χ1v) is 9.95. The number of halogens is 3. The number of alkyl halides is 3. The van der Waals surface area contributed by atoms with E-state index in [-0.39, 0.29) is 24.8 Å². The number of benzene rings is 1. The van der Waals surface area contributed by atoms with Crippen LogP contribution in [-0.2, 0) is 24.3 Å². The van der Waals surface area contributed by atoms with E-state index in [0.29, 0.717) is 4.31 Å². The topological polar surface area (TPSA) is 90.0 Å². The molecule has 0 radical (unpaired) electrons. The van der Waals surface area contributed by atoms with Gasteiger partial charge in [0.15, 0.2) is 0 Å². The SMILES string of the molecule is COC(=O)[C@H]1[C@@H](OC(=O)c2ccccc2)C[C@@H]2CC[C@H]1N2S(=O)(=O)C(F)(F)F. The molecule has 1 aromatic carbocycles. The molecule has 0 unspecified atom stereocenters. The van der Waals surface area contributed by atoms with E-state index in [4.69, 9.17) is 4.74 Å². The summed E-state index contributed by atoms with van der Waals surface area (Å²) in [5, 5.41) is 0. The Morgan fingerprint density at radius 2 is 1.79 bits per heavy atom. The van der Waals surface area contributed by atoms with Crippen molar-refractivity contribution in [2.24, 2.45) is 5.92 Å². The number of esters is 2. The van der Waals surface area contributed by atoms with Crippen LogP contribution in [0.1, 0.15) is 29.6 Å². The molecule has 2 saturated heterocycles. The van der Waals surface area contributed by atoms with Crippen LogP contribution in [0.4, 0.5) is 13.2 Å². The quantitative estimate of drug-likeness (QED) is 0.692. The number of carbonyl (C=O) groups is 2. The lowest BCUT2D eigenvalue weighted by atomic mass is 9.89. The van der Waals surface area contributed by atoms with Crippen LogP contribution >= 0.6 is 0 Å². The molecular formula is C17H18F3NO6S. The number of methoxy groups -OCH3 is 1. The Hall–Kier alpha value is -2.14. The van der Waals surface area contributed by atoms with Gasteiger partial charge in [0.25, 0.3) is 0 Å². The number of ether oxygens (including phenoxy) is 2. The highest BCUT2D eigenvalue weighted by Crippen LogP contribution is 2.46. The monoisotopic (exact) mass is 421 g/mol. The number of fused-ring (bicyclic) bond motifs is 2. The van der Waals surface area contributed by atoms with Crippen LogP contribution in [0.3, 0.4) is 0 Å². The third-order valence-electron chi connectivity index (χ3n) is 5.11. The lowest BCUT2D eigenvalue weighted by Crippen LogP contribution is -2.59. The van der Waals surface area contributed by atoms with Crippen LogP contribution in [0.15, 0.2) is 30.3 Å². The Morgan fingerprint density at radius 1 is 1.14 bits per heavy atom. The fourth-order valence-corrected chi connectivity index (χ4v) is 5.37. The third-order valence-corrected chi connectivity index (χ3v) is 6.82. The van der Waals surface area contributed by atoms with Gasteiger partial charge in [0.05, 0.1) is 12.7 Å². The molecule has 0 amide bonds. The van der Waals surface area contributed by atoms with E-state index < -0.39 is 51.6 Å². The first-order valence-electron chi connectivity index (χ1n) is 8.51. The summed E-state index contributed by atoms with van der Waals surface area (Å²) in [5.41, 5.74) is -5.27. The maximum Gasteiger partial charge on any atom is 0.511 e. The zero-order valence-electron chi connectivity index (χ0n) is 14.8. The van der Waals surface area contributed by atoms with E-state index in [1.54, 1.807) is 18.2 Å². The standard InChI is InChI=1S/C17H18F3NO6S/c1-26-16(23)14-12-8-7-11(21(12)28(24,25)17(18,19)20)9-13(14)27-15(22)10-5-3-2-4-6-10/h2-6,11-14H,7-9H2,1H3/t11-,12+,13-,14+/m0/s1. The molecule has 0 spiro atoms. The molecule has 2 bridgehead atoms. The molecule has 11 heteroatoms. The first-order chi connectivity index (χ1) is 13.1. The first kappa shape index (κ1) is 20.6. The van der Waals surface area contributed by atoms with Crippen molar-refractivity contribution in [2.45, 2.75) is 43.0 Å². The normalized spacial score (nSPS) is 28.0. The number of piperidine rings is 1. The van der Waals surface area contributed by atoms with Crippen LogP contribution in [0, 0.1) is 5.92 Å². The molecule has 2 aliphatic rings. The number of nitrogens with zero attached hydrogens (tertiary/aromatic N) is 1. The summed E-state index contributed by atoms with van der Waals surface area (Å²) < 4.78 is 73.7. The summed E-state index contributed by atoms with van der Waals surface area (Å²) >= 11 is 0. The van der Waals surface area contributed by atoms with Gasteiger partial charge in [0, 0.05) is 18.5 Å². The summed E-state index contributed by atoms with van der Waals surface area (Å²) in [4.78, 5) is 24.6. The van der Waals surface area contributed by atoms with Crippen molar-refractivity contribution in [3.63, 3.8) is 0 Å². The number of sulfonamides is 1. The molecule has 2 aliphatic heterocycles. The smallest absolute Gasteiger partial charge is 0.469 e. The van der Waals surface area contributed by atoms with Gasteiger partial charge in [-0.15, -0.1) is 0 Å². The Balaban J connectivity index is 1.91. The van der Waals surface area contributed by atoms with Crippen molar-refractivity contribution in [3.8, 4) is 0 Å². The Labute approximate surface area is 159 Å². The predicted molar refractivity (Wildman–Crippen MR) is 89.4 cm³/mol. The molecule has 0 saturated carbocycles. The third kappa shape index (κ3) is 3.48. The Bertz CT molecular complexity index is 857. The highest BCUT2D eigenvalue weighted by Gasteiger charge is 2.62. The second-order valence-corrected chi connectivity index (χ2v) is 8.51. The van der Waals surface area contributed by atoms with Gasteiger partial charge in [-0.05, 0) is 25.0 Å². The van der Waals surface area contributed by atoms with Gasteiger partial charge >= 0.3 is 27.5 Å². The van der Waals surface area contributed by atoms with Crippen molar-refractivity contribution in [1.82, 2.24) is 4.31 Å². The van der Waals surface area contributed by atoms with Gasteiger partial charge in [0.2, 0.25) is 0 Å². The van der Waals surface area contributed by atoms with Crippen LogP contribution in [-0.4, -0.2) is 55.5 Å². The molecule has 0 N–H and O–H groups in total. The van der Waals surface area contributed by atoms with Gasteiger partial charge < -0.3 is 9.47 Å². The minimum absolute atomic E-state index is 0.0408. The summed E-state index contributed by atoms with van der Waals surface area (Å²) in [5.74, 6) is -3.00. The molecule has 1 aromatic rings. The molecule has 4 atom stereocenters. The average molecular weight is 421 g/mol. The number of carbonyl (C=O) groups excluding carboxylic acids is 2. The molecular weight excluding hydrogens is 403 g/mol. The van der Waals surface area contributed by atoms with E-state index in [1.165, 1.54) is 12.1 Å². The van der Waals surface area contributed by atoms with Crippen molar-refractivity contribution >= 4 is 22.0 Å². The van der Waals surface area contributed by atoms with E-state index in [1.807, 2.05) is 0 Å². The van der Waals surface area contributed by atoms with E-state index in [2.05, 4.69) is 4.74 Å². The Morgan fingerprint density at radius 3 is 2.36 bits per heavy atom. The van der Waals surface area contributed by atoms with E-state index in [9.17, 15) is 31.2 Å². The zero-order valence-corrected chi connectivity index (χ0v) is 15.6. The second kappa shape index (κ2) is 7.36. The summed E-state index contributed by atoms with van der Waals surface area (Å²) in [7, 11) is -4.59. The summed E-state index contributed by atoms with van der Waals surface area (Å²) in [6.07, 6.45) is -1.13.